The SMILES string of the molecule is COC(=O)C[C@H]1c2cccc(F)c2N=C(N2CCNCC2)N1c1cc(C(F)(F)F)ccc1OC. The van der Waals surface area contributed by atoms with Crippen LogP contribution in [0.3, 0.4) is 0 Å². The minimum atomic E-state index is -4.61. The highest BCUT2D eigenvalue weighted by Gasteiger charge is 2.40. The van der Waals surface area contributed by atoms with Gasteiger partial charge >= 0.3 is 12.1 Å². The fraction of sp³-hybridized carbons (Fsp3) is 0.391. The molecule has 1 saturated heterocycles. The van der Waals surface area contributed by atoms with Crippen molar-refractivity contribution in [3.63, 3.8) is 0 Å². The summed E-state index contributed by atoms with van der Waals surface area (Å²) in [6.45, 7) is 2.20. The van der Waals surface area contributed by atoms with Gasteiger partial charge in [-0.1, -0.05) is 12.1 Å². The zero-order valence-corrected chi connectivity index (χ0v) is 18.7. The van der Waals surface area contributed by atoms with Gasteiger partial charge in [0.25, 0.3) is 0 Å². The summed E-state index contributed by atoms with van der Waals surface area (Å²) >= 11 is 0. The number of hydrogen-bond donors (Lipinski definition) is 1. The molecular weight excluding hydrogens is 456 g/mol. The lowest BCUT2D eigenvalue weighted by molar-refractivity contribution is -0.141. The molecule has 11 heteroatoms. The van der Waals surface area contributed by atoms with Gasteiger partial charge in [0.05, 0.1) is 37.9 Å². The second-order valence-corrected chi connectivity index (χ2v) is 7.88. The number of ether oxygens (including phenoxy) is 2. The van der Waals surface area contributed by atoms with Gasteiger partial charge in [-0.05, 0) is 24.3 Å². The smallest absolute Gasteiger partial charge is 0.416 e. The lowest BCUT2D eigenvalue weighted by Gasteiger charge is -2.43. The van der Waals surface area contributed by atoms with E-state index in [4.69, 9.17) is 9.47 Å². The van der Waals surface area contributed by atoms with Gasteiger partial charge in [-0.3, -0.25) is 4.79 Å². The largest absolute Gasteiger partial charge is 0.495 e. The van der Waals surface area contributed by atoms with Crippen LogP contribution in [0.2, 0.25) is 0 Å². The molecule has 0 saturated carbocycles. The molecule has 2 heterocycles. The van der Waals surface area contributed by atoms with E-state index in [1.54, 1.807) is 6.07 Å². The number of anilines is 1. The summed E-state index contributed by atoms with van der Waals surface area (Å²) in [6, 6.07) is 6.58. The van der Waals surface area contributed by atoms with Crippen molar-refractivity contribution in [3.05, 3.63) is 53.3 Å². The fourth-order valence-electron chi connectivity index (χ4n) is 4.21. The number of benzene rings is 2. The van der Waals surface area contributed by atoms with Gasteiger partial charge in [0.1, 0.15) is 17.3 Å². The fourth-order valence-corrected chi connectivity index (χ4v) is 4.21. The number of piperazine rings is 1. The van der Waals surface area contributed by atoms with E-state index < -0.39 is 29.6 Å². The Morgan fingerprint density at radius 3 is 2.56 bits per heavy atom. The van der Waals surface area contributed by atoms with Crippen LogP contribution in [-0.2, 0) is 15.7 Å². The lowest BCUT2D eigenvalue weighted by Crippen LogP contribution is -2.54. The molecule has 1 atom stereocenters. The van der Waals surface area contributed by atoms with Crippen LogP contribution in [0.1, 0.15) is 23.6 Å². The third kappa shape index (κ3) is 4.52. The van der Waals surface area contributed by atoms with Crippen molar-refractivity contribution >= 4 is 23.3 Å². The quantitative estimate of drug-likeness (QED) is 0.530. The van der Waals surface area contributed by atoms with Gasteiger partial charge in [0, 0.05) is 31.7 Å². The molecule has 4 rings (SSSR count). The summed E-state index contributed by atoms with van der Waals surface area (Å²) in [7, 11) is 2.57. The zero-order chi connectivity index (χ0) is 24.5. The van der Waals surface area contributed by atoms with Crippen LogP contribution in [0.4, 0.5) is 28.9 Å². The minimum absolute atomic E-state index is 0.0483. The first-order chi connectivity index (χ1) is 16.2. The Morgan fingerprint density at radius 1 is 1.18 bits per heavy atom. The number of alkyl halides is 3. The Hall–Kier alpha value is -3.34. The standard InChI is InChI=1S/C23H24F4N4O3/c1-33-19-7-6-14(23(25,26)27)12-18(19)31-17(13-20(32)34-2)15-4-3-5-16(24)21(15)29-22(31)30-10-8-28-9-11-30/h3-7,12,17,28H,8-11,13H2,1-2H3/t17-/m0/s1. The van der Waals surface area contributed by atoms with Gasteiger partial charge in [0.15, 0.2) is 0 Å². The maximum atomic E-state index is 14.9. The van der Waals surface area contributed by atoms with Crippen LogP contribution in [-0.4, -0.2) is 57.2 Å². The molecule has 0 aromatic heterocycles. The Kier molecular flexibility index (Phi) is 6.65. The van der Waals surface area contributed by atoms with Crippen molar-refractivity contribution in [2.75, 3.05) is 45.3 Å². The predicted octanol–water partition coefficient (Wildman–Crippen LogP) is 3.87. The number of guanidine groups is 1. The number of nitrogens with one attached hydrogen (secondary N) is 1. The van der Waals surface area contributed by atoms with E-state index in [1.165, 1.54) is 37.3 Å². The Bertz CT molecular complexity index is 1100. The van der Waals surface area contributed by atoms with E-state index in [0.29, 0.717) is 31.7 Å². The number of aliphatic imine (C=N–C) groups is 1. The van der Waals surface area contributed by atoms with E-state index in [9.17, 15) is 22.4 Å². The third-order valence-corrected chi connectivity index (χ3v) is 5.87. The highest BCUT2D eigenvalue weighted by Crippen LogP contribution is 2.46. The first kappa shape index (κ1) is 23.8. The summed E-state index contributed by atoms with van der Waals surface area (Å²) in [4.78, 5) is 20.3. The van der Waals surface area contributed by atoms with Gasteiger partial charge < -0.3 is 24.6 Å². The Labute approximate surface area is 194 Å². The molecule has 7 nitrogen and oxygen atoms in total. The van der Waals surface area contributed by atoms with E-state index in [1.807, 2.05) is 4.90 Å². The van der Waals surface area contributed by atoms with Crippen molar-refractivity contribution in [2.24, 2.45) is 4.99 Å². The molecule has 0 bridgehead atoms. The predicted molar refractivity (Wildman–Crippen MR) is 118 cm³/mol. The number of fused-ring (bicyclic) bond motifs is 1. The number of esters is 1. The average molecular weight is 480 g/mol. The summed E-state index contributed by atoms with van der Waals surface area (Å²) in [5, 5.41) is 3.21. The number of carbonyl (C=O) groups is 1. The van der Waals surface area contributed by atoms with Crippen LogP contribution in [0.5, 0.6) is 5.75 Å². The van der Waals surface area contributed by atoms with Crippen molar-refractivity contribution in [3.8, 4) is 5.75 Å². The molecule has 2 aromatic carbocycles. The van der Waals surface area contributed by atoms with Crippen LogP contribution in [0.15, 0.2) is 41.4 Å². The Balaban J connectivity index is 1.97. The Morgan fingerprint density at radius 2 is 1.91 bits per heavy atom. The van der Waals surface area contributed by atoms with Crippen molar-refractivity contribution < 1.29 is 31.8 Å². The maximum absolute atomic E-state index is 14.9. The topological polar surface area (TPSA) is 66.4 Å². The van der Waals surface area contributed by atoms with Gasteiger partial charge in [-0.25, -0.2) is 9.38 Å². The second kappa shape index (κ2) is 9.49. The lowest BCUT2D eigenvalue weighted by atomic mass is 9.96. The number of halogens is 4. The summed E-state index contributed by atoms with van der Waals surface area (Å²) < 4.78 is 66.1. The van der Waals surface area contributed by atoms with Crippen LogP contribution in [0.25, 0.3) is 0 Å². The minimum Gasteiger partial charge on any atom is -0.495 e. The average Bonchev–Trinajstić information content (AvgIpc) is 2.83. The molecule has 2 aromatic rings. The molecule has 2 aliphatic heterocycles. The van der Waals surface area contributed by atoms with Crippen molar-refractivity contribution in [2.45, 2.75) is 18.6 Å². The summed E-state index contributed by atoms with van der Waals surface area (Å²) in [5.41, 5.74) is -0.404. The highest BCUT2D eigenvalue weighted by molar-refractivity contribution is 6.02. The normalized spacial score (nSPS) is 18.3. The number of nitrogens with zero attached hydrogens (tertiary/aromatic N) is 3. The van der Waals surface area contributed by atoms with Crippen LogP contribution in [0, 0.1) is 5.82 Å². The highest BCUT2D eigenvalue weighted by atomic mass is 19.4. The first-order valence-electron chi connectivity index (χ1n) is 10.7. The molecule has 182 valence electrons. The zero-order valence-electron chi connectivity index (χ0n) is 18.7. The molecule has 2 aliphatic rings. The number of rotatable bonds is 4. The molecule has 1 fully saturated rings. The van der Waals surface area contributed by atoms with Gasteiger partial charge in [0.2, 0.25) is 5.96 Å². The molecule has 0 spiro atoms. The number of methoxy groups -OCH3 is 2. The van der Waals surface area contributed by atoms with Gasteiger partial charge in [-0.2, -0.15) is 13.2 Å². The molecule has 34 heavy (non-hydrogen) atoms. The number of carbonyl (C=O) groups excluding carboxylic acids is 1. The summed E-state index contributed by atoms with van der Waals surface area (Å²) in [5.74, 6) is -0.787. The molecule has 0 radical (unpaired) electrons. The van der Waals surface area contributed by atoms with Crippen molar-refractivity contribution in [1.29, 1.82) is 0 Å². The van der Waals surface area contributed by atoms with Crippen LogP contribution < -0.4 is 15.0 Å². The molecule has 0 unspecified atom stereocenters. The number of hydrogen-bond acceptors (Lipinski definition) is 7. The van der Waals surface area contributed by atoms with Gasteiger partial charge in [-0.15, -0.1) is 0 Å². The second-order valence-electron chi connectivity index (χ2n) is 7.88. The van der Waals surface area contributed by atoms with E-state index >= 15 is 0 Å². The van der Waals surface area contributed by atoms with Crippen molar-refractivity contribution in [1.82, 2.24) is 10.2 Å². The first-order valence-corrected chi connectivity index (χ1v) is 10.7. The molecular formula is C23H24F4N4O3. The monoisotopic (exact) mass is 480 g/mol. The van der Waals surface area contributed by atoms with Crippen LogP contribution >= 0.6 is 0 Å². The maximum Gasteiger partial charge on any atom is 0.416 e. The van der Waals surface area contributed by atoms with E-state index in [0.717, 1.165) is 12.1 Å². The van der Waals surface area contributed by atoms with E-state index in [2.05, 4.69) is 10.3 Å². The third-order valence-electron chi connectivity index (χ3n) is 5.87. The molecule has 0 aliphatic carbocycles. The van der Waals surface area contributed by atoms with E-state index in [-0.39, 0.29) is 29.5 Å². The number of para-hydroxylation sites is 1. The molecule has 1 N–H and O–H groups in total. The summed E-state index contributed by atoms with van der Waals surface area (Å²) in [6.07, 6.45) is -4.84. The molecule has 0 amide bonds.